The van der Waals surface area contributed by atoms with Crippen molar-refractivity contribution in [2.75, 3.05) is 18.4 Å². The molecule has 1 aromatic heterocycles. The molecule has 2 amide bonds. The first-order valence-corrected chi connectivity index (χ1v) is 8.08. The quantitative estimate of drug-likeness (QED) is 0.890. The Morgan fingerprint density at radius 2 is 2.04 bits per heavy atom. The summed E-state index contributed by atoms with van der Waals surface area (Å²) in [6.45, 7) is 1.66. The maximum atomic E-state index is 12.5. The van der Waals surface area contributed by atoms with Gasteiger partial charge >= 0.3 is 0 Å². The lowest BCUT2D eigenvalue weighted by Crippen LogP contribution is -2.48. The smallest absolute Gasteiger partial charge is 0.235 e. The van der Waals surface area contributed by atoms with Crippen molar-refractivity contribution in [1.29, 1.82) is 0 Å². The van der Waals surface area contributed by atoms with Crippen molar-refractivity contribution in [3.05, 3.63) is 36.2 Å². The number of nitrogens with one attached hydrogen (secondary N) is 1. The van der Waals surface area contributed by atoms with Crippen molar-refractivity contribution in [3.8, 4) is 0 Å². The van der Waals surface area contributed by atoms with Crippen LogP contribution in [0.4, 0.5) is 5.69 Å². The number of likely N-dealkylation sites (tertiary alicyclic amines) is 1. The zero-order valence-corrected chi connectivity index (χ0v) is 13.2. The third-order valence-electron chi connectivity index (χ3n) is 5.04. The SMILES string of the molecule is O=C(CCn1cnnn1)N1CCC2(CC1)C(=O)Nc1ccccc12. The molecule has 1 N–H and O–H groups in total. The number of carbonyl (C=O) groups is 2. The van der Waals surface area contributed by atoms with E-state index in [4.69, 9.17) is 0 Å². The lowest BCUT2D eigenvalue weighted by Gasteiger charge is -2.38. The van der Waals surface area contributed by atoms with Gasteiger partial charge in [0.25, 0.3) is 0 Å². The number of benzene rings is 1. The molecule has 4 rings (SSSR count). The molecule has 2 aliphatic rings. The minimum absolute atomic E-state index is 0.0597. The van der Waals surface area contributed by atoms with E-state index >= 15 is 0 Å². The van der Waals surface area contributed by atoms with E-state index < -0.39 is 5.41 Å². The summed E-state index contributed by atoms with van der Waals surface area (Å²) in [5, 5.41) is 13.8. The normalized spacial score (nSPS) is 18.5. The molecule has 0 unspecified atom stereocenters. The minimum Gasteiger partial charge on any atom is -0.343 e. The summed E-state index contributed by atoms with van der Waals surface area (Å²) in [4.78, 5) is 26.7. The van der Waals surface area contributed by atoms with Crippen molar-refractivity contribution >= 4 is 17.5 Å². The van der Waals surface area contributed by atoms with Crippen LogP contribution >= 0.6 is 0 Å². The molecule has 8 heteroatoms. The predicted molar refractivity (Wildman–Crippen MR) is 85.0 cm³/mol. The Balaban J connectivity index is 1.42. The van der Waals surface area contributed by atoms with Gasteiger partial charge in [0.1, 0.15) is 6.33 Å². The summed E-state index contributed by atoms with van der Waals surface area (Å²) >= 11 is 0. The fourth-order valence-electron chi connectivity index (χ4n) is 3.66. The molecule has 2 aromatic rings. The summed E-state index contributed by atoms with van der Waals surface area (Å²) in [6, 6.07) is 7.84. The molecule has 1 saturated heterocycles. The molecule has 1 fully saturated rings. The van der Waals surface area contributed by atoms with Crippen molar-refractivity contribution < 1.29 is 9.59 Å². The first-order valence-electron chi connectivity index (χ1n) is 8.08. The van der Waals surface area contributed by atoms with Crippen LogP contribution in [0, 0.1) is 0 Å². The second kappa shape index (κ2) is 5.70. The van der Waals surface area contributed by atoms with Crippen LogP contribution in [0.5, 0.6) is 0 Å². The number of tetrazole rings is 1. The first kappa shape index (κ1) is 14.8. The fraction of sp³-hybridized carbons (Fsp3) is 0.438. The third-order valence-corrected chi connectivity index (χ3v) is 5.04. The lowest BCUT2D eigenvalue weighted by molar-refractivity contribution is -0.135. The Labute approximate surface area is 138 Å². The number of amides is 2. The second-order valence-electron chi connectivity index (χ2n) is 6.29. The molecule has 0 bridgehead atoms. The standard InChI is InChI=1S/C16H18N6O2/c23-14(5-8-22-11-17-19-20-22)21-9-6-16(7-10-21)12-3-1-2-4-13(12)18-15(16)24/h1-4,11H,5-10H2,(H,18,24). The number of hydrogen-bond acceptors (Lipinski definition) is 5. The van der Waals surface area contributed by atoms with Crippen molar-refractivity contribution in [1.82, 2.24) is 25.1 Å². The van der Waals surface area contributed by atoms with Crippen molar-refractivity contribution in [2.24, 2.45) is 0 Å². The Bertz CT molecular complexity index is 765. The van der Waals surface area contributed by atoms with Gasteiger partial charge in [0.05, 0.1) is 12.0 Å². The van der Waals surface area contributed by atoms with E-state index in [-0.39, 0.29) is 11.8 Å². The molecule has 24 heavy (non-hydrogen) atoms. The fourth-order valence-corrected chi connectivity index (χ4v) is 3.66. The average Bonchev–Trinajstić information content (AvgIpc) is 3.21. The number of hydrogen-bond donors (Lipinski definition) is 1. The number of rotatable bonds is 3. The highest BCUT2D eigenvalue weighted by molar-refractivity contribution is 6.06. The van der Waals surface area contributed by atoms with Gasteiger partial charge in [0.15, 0.2) is 0 Å². The average molecular weight is 326 g/mol. The van der Waals surface area contributed by atoms with E-state index in [0.717, 1.165) is 11.3 Å². The summed E-state index contributed by atoms with van der Waals surface area (Å²) in [5.74, 6) is 0.136. The van der Waals surface area contributed by atoms with Crippen LogP contribution in [0.15, 0.2) is 30.6 Å². The molecule has 0 atom stereocenters. The summed E-state index contributed by atoms with van der Waals surface area (Å²) in [7, 11) is 0. The highest BCUT2D eigenvalue weighted by Gasteiger charge is 2.48. The summed E-state index contributed by atoms with van der Waals surface area (Å²) < 4.78 is 1.55. The first-order chi connectivity index (χ1) is 11.7. The number of carbonyl (C=O) groups excluding carboxylic acids is 2. The number of fused-ring (bicyclic) bond motifs is 2. The molecule has 0 saturated carbocycles. The molecule has 1 aromatic carbocycles. The number of piperidine rings is 1. The van der Waals surface area contributed by atoms with E-state index in [1.807, 2.05) is 29.2 Å². The molecule has 0 radical (unpaired) electrons. The molecule has 1 spiro atoms. The number of nitrogens with zero attached hydrogens (tertiary/aromatic N) is 5. The Morgan fingerprint density at radius 3 is 2.79 bits per heavy atom. The van der Waals surface area contributed by atoms with Crippen molar-refractivity contribution in [3.63, 3.8) is 0 Å². The van der Waals surface area contributed by atoms with E-state index in [0.29, 0.717) is 38.9 Å². The van der Waals surface area contributed by atoms with Gasteiger partial charge in [-0.1, -0.05) is 18.2 Å². The molecule has 3 heterocycles. The molecule has 124 valence electrons. The zero-order valence-electron chi connectivity index (χ0n) is 13.2. The molecular weight excluding hydrogens is 308 g/mol. The summed E-state index contributed by atoms with van der Waals surface area (Å²) in [5.41, 5.74) is 1.49. The van der Waals surface area contributed by atoms with Crippen LogP contribution < -0.4 is 5.32 Å². The van der Waals surface area contributed by atoms with E-state index in [1.54, 1.807) is 4.68 Å². The van der Waals surface area contributed by atoms with Gasteiger partial charge in [-0.05, 0) is 34.9 Å². The maximum absolute atomic E-state index is 12.5. The molecule has 8 nitrogen and oxygen atoms in total. The van der Waals surface area contributed by atoms with Gasteiger partial charge < -0.3 is 10.2 Å². The summed E-state index contributed by atoms with van der Waals surface area (Å²) in [6.07, 6.45) is 3.18. The largest absolute Gasteiger partial charge is 0.343 e. The van der Waals surface area contributed by atoms with Gasteiger partial charge in [0, 0.05) is 25.2 Å². The van der Waals surface area contributed by atoms with Gasteiger partial charge in [-0.3, -0.25) is 9.59 Å². The predicted octanol–water partition coefficient (Wildman–Crippen LogP) is 0.576. The van der Waals surface area contributed by atoms with Gasteiger partial charge in [-0.15, -0.1) is 5.10 Å². The monoisotopic (exact) mass is 326 g/mol. The molecule has 0 aliphatic carbocycles. The highest BCUT2D eigenvalue weighted by atomic mass is 16.2. The number of para-hydroxylation sites is 1. The minimum atomic E-state index is -0.483. The van der Waals surface area contributed by atoms with Crippen LogP contribution in [0.2, 0.25) is 0 Å². The van der Waals surface area contributed by atoms with E-state index in [2.05, 4.69) is 20.8 Å². The highest BCUT2D eigenvalue weighted by Crippen LogP contribution is 2.44. The Hall–Kier alpha value is -2.77. The maximum Gasteiger partial charge on any atom is 0.235 e. The van der Waals surface area contributed by atoms with Crippen molar-refractivity contribution in [2.45, 2.75) is 31.2 Å². The topological polar surface area (TPSA) is 93.0 Å². The molecular formula is C16H18N6O2. The van der Waals surface area contributed by atoms with Crippen LogP contribution in [-0.2, 0) is 21.5 Å². The lowest BCUT2D eigenvalue weighted by atomic mass is 9.73. The number of aromatic nitrogens is 4. The second-order valence-corrected chi connectivity index (χ2v) is 6.29. The third kappa shape index (κ3) is 2.34. The van der Waals surface area contributed by atoms with Gasteiger partial charge in [-0.25, -0.2) is 4.68 Å². The van der Waals surface area contributed by atoms with Crippen LogP contribution in [0.1, 0.15) is 24.8 Å². The number of aryl methyl sites for hydroxylation is 1. The Kier molecular flexibility index (Phi) is 3.51. The van der Waals surface area contributed by atoms with E-state index in [1.165, 1.54) is 6.33 Å². The van der Waals surface area contributed by atoms with Gasteiger partial charge in [0.2, 0.25) is 11.8 Å². The van der Waals surface area contributed by atoms with Crippen LogP contribution in [0.25, 0.3) is 0 Å². The Morgan fingerprint density at radius 1 is 1.25 bits per heavy atom. The number of anilines is 1. The van der Waals surface area contributed by atoms with Gasteiger partial charge in [-0.2, -0.15) is 0 Å². The molecule has 2 aliphatic heterocycles. The van der Waals surface area contributed by atoms with E-state index in [9.17, 15) is 9.59 Å². The zero-order chi connectivity index (χ0) is 16.6. The van der Waals surface area contributed by atoms with Crippen LogP contribution in [0.3, 0.4) is 0 Å². The van der Waals surface area contributed by atoms with Crippen LogP contribution in [-0.4, -0.2) is 50.0 Å².